The van der Waals surface area contributed by atoms with Gasteiger partial charge >= 0.3 is 0 Å². The quantitative estimate of drug-likeness (QED) is 0.873. The highest BCUT2D eigenvalue weighted by molar-refractivity contribution is 6.31. The smallest absolute Gasteiger partial charge is 0.119 e. The average molecular weight is 302 g/mol. The van der Waals surface area contributed by atoms with E-state index in [1.165, 1.54) is 24.0 Å². The van der Waals surface area contributed by atoms with Crippen molar-refractivity contribution >= 4 is 11.6 Å². The zero-order valence-electron chi connectivity index (χ0n) is 12.4. The summed E-state index contributed by atoms with van der Waals surface area (Å²) in [5.74, 6) is 0.893. The van der Waals surface area contributed by atoms with E-state index in [9.17, 15) is 0 Å². The summed E-state index contributed by atoms with van der Waals surface area (Å²) in [5.41, 5.74) is 4.72. The molecule has 0 spiro atoms. The fourth-order valence-electron chi connectivity index (χ4n) is 2.43. The van der Waals surface area contributed by atoms with Crippen LogP contribution in [-0.2, 0) is 6.54 Å². The second kappa shape index (κ2) is 6.08. The first-order valence-electron chi connectivity index (χ1n) is 7.34. The first kappa shape index (κ1) is 14.4. The van der Waals surface area contributed by atoms with Gasteiger partial charge in [0.1, 0.15) is 5.75 Å². The number of halogens is 1. The molecule has 0 amide bonds. The van der Waals surface area contributed by atoms with Crippen molar-refractivity contribution in [1.82, 2.24) is 5.32 Å². The van der Waals surface area contributed by atoms with Crippen molar-refractivity contribution in [2.45, 2.75) is 32.4 Å². The Morgan fingerprint density at radius 2 is 2.00 bits per heavy atom. The molecule has 2 aromatic carbocycles. The lowest BCUT2D eigenvalue weighted by Crippen LogP contribution is -2.16. The summed E-state index contributed by atoms with van der Waals surface area (Å²) in [6.45, 7) is 2.89. The molecule has 2 aromatic rings. The molecule has 1 aliphatic carbocycles. The molecule has 0 radical (unpaired) electrons. The molecule has 1 N–H and O–H groups in total. The first-order chi connectivity index (χ1) is 10.2. The highest BCUT2D eigenvalue weighted by Crippen LogP contribution is 2.31. The summed E-state index contributed by atoms with van der Waals surface area (Å²) >= 11 is 6.27. The van der Waals surface area contributed by atoms with Crippen LogP contribution < -0.4 is 10.1 Å². The van der Waals surface area contributed by atoms with Crippen LogP contribution in [0, 0.1) is 6.92 Å². The van der Waals surface area contributed by atoms with Gasteiger partial charge in [-0.05, 0) is 60.2 Å². The molecule has 0 heterocycles. The number of methoxy groups -OCH3 is 1. The van der Waals surface area contributed by atoms with Gasteiger partial charge in [0, 0.05) is 17.6 Å². The lowest BCUT2D eigenvalue weighted by Gasteiger charge is -2.13. The molecule has 1 fully saturated rings. The van der Waals surface area contributed by atoms with Crippen LogP contribution in [0.4, 0.5) is 0 Å². The van der Waals surface area contributed by atoms with Crippen LogP contribution >= 0.6 is 11.6 Å². The summed E-state index contributed by atoms with van der Waals surface area (Å²) in [6, 6.07) is 13.2. The van der Waals surface area contributed by atoms with Crippen molar-refractivity contribution in [1.29, 1.82) is 0 Å². The van der Waals surface area contributed by atoms with Gasteiger partial charge in [0.05, 0.1) is 7.11 Å². The van der Waals surface area contributed by atoms with Gasteiger partial charge < -0.3 is 10.1 Å². The lowest BCUT2D eigenvalue weighted by molar-refractivity contribution is 0.414. The van der Waals surface area contributed by atoms with Crippen molar-refractivity contribution < 1.29 is 4.74 Å². The normalized spacial score (nSPS) is 14.2. The van der Waals surface area contributed by atoms with Crippen LogP contribution in [-0.4, -0.2) is 13.2 Å². The van der Waals surface area contributed by atoms with Crippen LogP contribution in [0.2, 0.25) is 5.02 Å². The summed E-state index contributed by atoms with van der Waals surface area (Å²) in [5, 5.41) is 4.38. The molecule has 0 unspecified atom stereocenters. The Balaban J connectivity index is 1.96. The topological polar surface area (TPSA) is 21.3 Å². The maximum atomic E-state index is 6.27. The van der Waals surface area contributed by atoms with Gasteiger partial charge in [0.2, 0.25) is 0 Å². The first-order valence-corrected chi connectivity index (χ1v) is 7.72. The fraction of sp³-hybridized carbons (Fsp3) is 0.333. The van der Waals surface area contributed by atoms with Gasteiger partial charge in [-0.1, -0.05) is 29.8 Å². The van der Waals surface area contributed by atoms with Crippen molar-refractivity contribution in [3.63, 3.8) is 0 Å². The zero-order chi connectivity index (χ0) is 14.8. The number of hydrogen-bond donors (Lipinski definition) is 1. The molecule has 1 aliphatic rings. The molecule has 0 aliphatic heterocycles. The van der Waals surface area contributed by atoms with Crippen LogP contribution in [0.25, 0.3) is 11.1 Å². The van der Waals surface area contributed by atoms with Crippen molar-refractivity contribution in [3.05, 3.63) is 52.5 Å². The van der Waals surface area contributed by atoms with Gasteiger partial charge in [0.15, 0.2) is 0 Å². The number of aryl methyl sites for hydroxylation is 1. The van der Waals surface area contributed by atoms with Crippen molar-refractivity contribution in [2.24, 2.45) is 0 Å². The molecule has 0 saturated heterocycles. The lowest BCUT2D eigenvalue weighted by atomic mass is 9.98. The molecule has 3 heteroatoms. The SMILES string of the molecule is COc1ccc(-c2ccc(C)c(Cl)c2)c(CNC2CC2)c1. The largest absolute Gasteiger partial charge is 0.497 e. The van der Waals surface area contributed by atoms with Gasteiger partial charge in [-0.15, -0.1) is 0 Å². The van der Waals surface area contributed by atoms with E-state index in [1.54, 1.807) is 7.11 Å². The number of ether oxygens (including phenoxy) is 1. The minimum absolute atomic E-state index is 0.686. The highest BCUT2D eigenvalue weighted by Gasteiger charge is 2.20. The number of hydrogen-bond acceptors (Lipinski definition) is 2. The number of benzene rings is 2. The van der Waals surface area contributed by atoms with E-state index >= 15 is 0 Å². The van der Waals surface area contributed by atoms with Gasteiger partial charge in [0.25, 0.3) is 0 Å². The zero-order valence-corrected chi connectivity index (χ0v) is 13.2. The van der Waals surface area contributed by atoms with Gasteiger partial charge in [-0.25, -0.2) is 0 Å². The van der Waals surface area contributed by atoms with E-state index in [4.69, 9.17) is 16.3 Å². The third-order valence-electron chi connectivity index (χ3n) is 3.95. The van der Waals surface area contributed by atoms with E-state index in [2.05, 4.69) is 29.6 Å². The molecule has 110 valence electrons. The molecule has 3 rings (SSSR count). The van der Waals surface area contributed by atoms with E-state index in [0.717, 1.165) is 28.4 Å². The third-order valence-corrected chi connectivity index (χ3v) is 4.36. The van der Waals surface area contributed by atoms with E-state index in [1.807, 2.05) is 19.1 Å². The van der Waals surface area contributed by atoms with E-state index in [0.29, 0.717) is 6.04 Å². The monoisotopic (exact) mass is 301 g/mol. The Kier molecular flexibility index (Phi) is 4.18. The molecule has 1 saturated carbocycles. The van der Waals surface area contributed by atoms with Gasteiger partial charge in [-0.2, -0.15) is 0 Å². The Labute approximate surface area is 131 Å². The fourth-order valence-corrected chi connectivity index (χ4v) is 2.61. The van der Waals surface area contributed by atoms with Crippen LogP contribution in [0.1, 0.15) is 24.0 Å². The minimum atomic E-state index is 0.686. The van der Waals surface area contributed by atoms with Crippen molar-refractivity contribution in [2.75, 3.05) is 7.11 Å². The summed E-state index contributed by atoms with van der Waals surface area (Å²) in [4.78, 5) is 0. The summed E-state index contributed by atoms with van der Waals surface area (Å²) < 4.78 is 5.36. The molecular formula is C18H20ClNO. The maximum Gasteiger partial charge on any atom is 0.119 e. The Hall–Kier alpha value is -1.51. The predicted molar refractivity (Wildman–Crippen MR) is 88.0 cm³/mol. The van der Waals surface area contributed by atoms with Crippen LogP contribution in [0.5, 0.6) is 5.75 Å². The standard InChI is InChI=1S/C18H20ClNO/c1-12-3-4-13(10-18(12)19)17-8-7-16(21-2)9-14(17)11-20-15-5-6-15/h3-4,7-10,15,20H,5-6,11H2,1-2H3. The van der Waals surface area contributed by atoms with Gasteiger partial charge in [-0.3, -0.25) is 0 Å². The Morgan fingerprint density at radius 1 is 1.19 bits per heavy atom. The Bertz CT molecular complexity index is 650. The molecular weight excluding hydrogens is 282 g/mol. The molecule has 2 nitrogen and oxygen atoms in total. The third kappa shape index (κ3) is 3.39. The van der Waals surface area contributed by atoms with E-state index in [-0.39, 0.29) is 0 Å². The second-order valence-electron chi connectivity index (χ2n) is 5.64. The molecule has 0 aromatic heterocycles. The molecule has 21 heavy (non-hydrogen) atoms. The van der Waals surface area contributed by atoms with Crippen LogP contribution in [0.3, 0.4) is 0 Å². The highest BCUT2D eigenvalue weighted by atomic mass is 35.5. The average Bonchev–Trinajstić information content (AvgIpc) is 3.32. The predicted octanol–water partition coefficient (Wildman–Crippen LogP) is 4.58. The Morgan fingerprint density at radius 3 is 2.67 bits per heavy atom. The minimum Gasteiger partial charge on any atom is -0.497 e. The van der Waals surface area contributed by atoms with Crippen LogP contribution in [0.15, 0.2) is 36.4 Å². The summed E-state index contributed by atoms with van der Waals surface area (Å²) in [7, 11) is 1.70. The molecule has 0 atom stereocenters. The van der Waals surface area contributed by atoms with Crippen molar-refractivity contribution in [3.8, 4) is 16.9 Å². The second-order valence-corrected chi connectivity index (χ2v) is 6.05. The summed E-state index contributed by atoms with van der Waals surface area (Å²) in [6.07, 6.45) is 2.57. The molecule has 0 bridgehead atoms. The number of rotatable bonds is 5. The number of nitrogens with one attached hydrogen (secondary N) is 1. The maximum absolute atomic E-state index is 6.27. The van der Waals surface area contributed by atoms with E-state index < -0.39 is 0 Å².